The lowest BCUT2D eigenvalue weighted by molar-refractivity contribution is -0.385. The van der Waals surface area contributed by atoms with E-state index >= 15 is 0 Å². The highest BCUT2D eigenvalue weighted by molar-refractivity contribution is 5.76. The fraction of sp³-hybridized carbons (Fsp3) is 0.935. The highest BCUT2D eigenvalue weighted by Crippen LogP contribution is 2.38. The Morgan fingerprint density at radius 1 is 0.843 bits per heavy atom. The third-order valence-electron chi connectivity index (χ3n) is 9.23. The van der Waals surface area contributed by atoms with Crippen molar-refractivity contribution >= 4 is 11.9 Å². The maximum atomic E-state index is 12.6. The molecule has 0 radical (unpaired) electrons. The summed E-state index contributed by atoms with van der Waals surface area (Å²) in [5.41, 5.74) is 0. The number of aliphatic hydroxyl groups excluding tert-OH is 10. The van der Waals surface area contributed by atoms with Crippen molar-refractivity contribution in [3.63, 3.8) is 0 Å². The van der Waals surface area contributed by atoms with Gasteiger partial charge in [0.15, 0.2) is 12.6 Å². The van der Waals surface area contributed by atoms with Gasteiger partial charge in [-0.25, -0.2) is 4.79 Å². The first-order valence-electron chi connectivity index (χ1n) is 17.2. The van der Waals surface area contributed by atoms with Gasteiger partial charge in [0, 0.05) is 20.0 Å². The summed E-state index contributed by atoms with van der Waals surface area (Å²) >= 11 is 0. The molecule has 3 aliphatic rings. The van der Waals surface area contributed by atoms with Crippen LogP contribution in [0.5, 0.6) is 0 Å². The molecule has 3 rings (SSSR count). The number of carboxylic acids is 1. The molecule has 3 heterocycles. The number of hydrogen-bond donors (Lipinski definition) is 12. The first-order valence-corrected chi connectivity index (χ1v) is 17.2. The van der Waals surface area contributed by atoms with E-state index in [2.05, 4.69) is 12.2 Å². The van der Waals surface area contributed by atoms with Gasteiger partial charge in [0.1, 0.15) is 67.1 Å². The molecule has 12 N–H and O–H groups in total. The number of aliphatic carboxylic acids is 1. The number of nitrogens with one attached hydrogen (secondary N) is 1. The van der Waals surface area contributed by atoms with Gasteiger partial charge in [-0.2, -0.15) is 0 Å². The second-order valence-corrected chi connectivity index (χ2v) is 13.1. The standard InChI is InChI=1S/C31H55NO19/c1-3-4-5-6-7-8-9-46-28-23(42)21(40)25(17(12-34)47-28)49-29-24(43)22(41)26(18(13-35)48-29)50-31(30(44)45)10-15(37)19(32-14(2)36)27(51-31)20(39)16(38)11-33/h15-29,33-35,37-43H,3-13H2,1-2H3,(H,32,36)(H,44,45)/t15-,16+,17+,18+,19+,20+,21+,22+,23+,24+,25+,26-,27+,28+,29-,31-/m0/s1. The van der Waals surface area contributed by atoms with Crippen LogP contribution in [0.4, 0.5) is 0 Å². The van der Waals surface area contributed by atoms with Gasteiger partial charge in [0.25, 0.3) is 5.79 Å². The quantitative estimate of drug-likeness (QED) is 0.0552. The minimum atomic E-state index is -2.96. The van der Waals surface area contributed by atoms with Crippen LogP contribution in [-0.2, 0) is 38.0 Å². The van der Waals surface area contributed by atoms with E-state index < -0.39 is 136 Å². The third-order valence-corrected chi connectivity index (χ3v) is 9.23. The van der Waals surface area contributed by atoms with E-state index in [9.17, 15) is 65.8 Å². The second-order valence-electron chi connectivity index (χ2n) is 13.1. The summed E-state index contributed by atoms with van der Waals surface area (Å²) in [6.07, 6.45) is -20.3. The summed E-state index contributed by atoms with van der Waals surface area (Å²) in [5.74, 6) is -5.62. The maximum Gasteiger partial charge on any atom is 0.364 e. The van der Waals surface area contributed by atoms with Gasteiger partial charge in [0.05, 0.1) is 32.0 Å². The predicted molar refractivity (Wildman–Crippen MR) is 167 cm³/mol. The Labute approximate surface area is 294 Å². The number of ether oxygens (including phenoxy) is 6. The normalized spacial score (nSPS) is 40.0. The fourth-order valence-electron chi connectivity index (χ4n) is 6.37. The summed E-state index contributed by atoms with van der Waals surface area (Å²) in [6, 6.07) is -1.51. The van der Waals surface area contributed by atoms with E-state index in [0.29, 0.717) is 6.42 Å². The van der Waals surface area contributed by atoms with Crippen molar-refractivity contribution in [1.82, 2.24) is 5.32 Å². The van der Waals surface area contributed by atoms with Gasteiger partial charge in [-0.1, -0.05) is 39.0 Å². The molecule has 0 unspecified atom stereocenters. The van der Waals surface area contributed by atoms with Crippen molar-refractivity contribution in [3.05, 3.63) is 0 Å². The van der Waals surface area contributed by atoms with E-state index in [1.54, 1.807) is 0 Å². The van der Waals surface area contributed by atoms with Crippen LogP contribution in [0, 0.1) is 0 Å². The predicted octanol–water partition coefficient (Wildman–Crippen LogP) is -4.84. The largest absolute Gasteiger partial charge is 0.477 e. The van der Waals surface area contributed by atoms with Crippen molar-refractivity contribution in [3.8, 4) is 0 Å². The van der Waals surface area contributed by atoms with E-state index in [4.69, 9.17) is 28.4 Å². The van der Waals surface area contributed by atoms with Crippen LogP contribution in [0.3, 0.4) is 0 Å². The van der Waals surface area contributed by atoms with Crippen LogP contribution < -0.4 is 5.32 Å². The van der Waals surface area contributed by atoms with Crippen LogP contribution in [0.1, 0.15) is 58.8 Å². The highest BCUT2D eigenvalue weighted by atomic mass is 16.8. The molecule has 0 aromatic rings. The van der Waals surface area contributed by atoms with E-state index in [1.807, 2.05) is 0 Å². The summed E-state index contributed by atoms with van der Waals surface area (Å²) < 4.78 is 33.7. The smallest absolute Gasteiger partial charge is 0.364 e. The zero-order valence-corrected chi connectivity index (χ0v) is 28.6. The maximum absolute atomic E-state index is 12.6. The number of amides is 1. The lowest BCUT2D eigenvalue weighted by atomic mass is 9.88. The fourth-order valence-corrected chi connectivity index (χ4v) is 6.37. The molecule has 0 aromatic heterocycles. The third kappa shape index (κ3) is 10.7. The minimum absolute atomic E-state index is 0.203. The van der Waals surface area contributed by atoms with Gasteiger partial charge < -0.3 is 89.9 Å². The molecule has 20 nitrogen and oxygen atoms in total. The van der Waals surface area contributed by atoms with Crippen LogP contribution in [0.15, 0.2) is 0 Å². The zero-order valence-electron chi connectivity index (χ0n) is 28.6. The van der Waals surface area contributed by atoms with E-state index in [1.165, 1.54) is 0 Å². The molecule has 3 aliphatic heterocycles. The van der Waals surface area contributed by atoms with Crippen molar-refractivity contribution in [2.24, 2.45) is 0 Å². The molecular weight excluding hydrogens is 690 g/mol. The molecule has 51 heavy (non-hydrogen) atoms. The molecule has 0 spiro atoms. The highest BCUT2D eigenvalue weighted by Gasteiger charge is 2.60. The molecule has 0 saturated carbocycles. The van der Waals surface area contributed by atoms with E-state index in [-0.39, 0.29) is 6.61 Å². The first-order chi connectivity index (χ1) is 24.2. The Morgan fingerprint density at radius 2 is 1.41 bits per heavy atom. The average molecular weight is 746 g/mol. The SMILES string of the molecule is CCCCCCCCO[C@@H]1O[C@H](CO)[C@@H](O[C@@H]2O[C@H](CO)[C@H](O[C@@]3(C(=O)O)C[C@H](O)[C@@H](NC(C)=O)[C@H]([C@H](O)[C@H](O)CO)O3)[C@H](O)[C@H]2O)[C@H](O)[C@H]1O. The molecule has 0 bridgehead atoms. The topological polar surface area (TPSA) is 324 Å². The zero-order chi connectivity index (χ0) is 38.0. The monoisotopic (exact) mass is 745 g/mol. The van der Waals surface area contributed by atoms with Crippen molar-refractivity contribution in [2.45, 2.75) is 156 Å². The van der Waals surface area contributed by atoms with Crippen LogP contribution in [0.2, 0.25) is 0 Å². The molecule has 1 amide bonds. The van der Waals surface area contributed by atoms with Gasteiger partial charge >= 0.3 is 5.97 Å². The van der Waals surface area contributed by atoms with Crippen LogP contribution in [-0.4, -0.2) is 192 Å². The summed E-state index contributed by atoms with van der Waals surface area (Å²) in [7, 11) is 0. The summed E-state index contributed by atoms with van der Waals surface area (Å²) in [5, 5.41) is 117. The van der Waals surface area contributed by atoms with Crippen molar-refractivity contribution in [1.29, 1.82) is 0 Å². The number of carboxylic acid groups (broad SMARTS) is 1. The molecule has 298 valence electrons. The molecule has 3 saturated heterocycles. The van der Waals surface area contributed by atoms with Crippen LogP contribution in [0.25, 0.3) is 0 Å². The number of carbonyl (C=O) groups is 2. The van der Waals surface area contributed by atoms with Gasteiger partial charge in [0.2, 0.25) is 5.91 Å². The molecule has 0 aliphatic carbocycles. The minimum Gasteiger partial charge on any atom is -0.477 e. The van der Waals surface area contributed by atoms with Crippen molar-refractivity contribution < 1.29 is 94.2 Å². The van der Waals surface area contributed by atoms with Crippen LogP contribution >= 0.6 is 0 Å². The first kappa shape index (κ1) is 43.7. The van der Waals surface area contributed by atoms with Gasteiger partial charge in [-0.3, -0.25) is 4.79 Å². The molecule has 0 aromatic carbocycles. The van der Waals surface area contributed by atoms with E-state index in [0.717, 1.165) is 39.0 Å². The van der Waals surface area contributed by atoms with Crippen molar-refractivity contribution in [2.75, 3.05) is 26.4 Å². The Kier molecular flexibility index (Phi) is 17.2. The number of aliphatic hydroxyl groups is 10. The van der Waals surface area contributed by atoms with Gasteiger partial charge in [-0.15, -0.1) is 0 Å². The molecule has 16 atom stereocenters. The Bertz CT molecular complexity index is 1070. The number of hydrogen-bond acceptors (Lipinski definition) is 18. The number of rotatable bonds is 19. The molecular formula is C31H55NO19. The Morgan fingerprint density at radius 3 is 2.00 bits per heavy atom. The summed E-state index contributed by atoms with van der Waals surface area (Å²) in [6.45, 7) is 0.591. The number of unbranched alkanes of at least 4 members (excludes halogenated alkanes) is 5. The Balaban J connectivity index is 1.75. The summed E-state index contributed by atoms with van der Waals surface area (Å²) in [4.78, 5) is 24.4. The lowest BCUT2D eigenvalue weighted by Crippen LogP contribution is -2.70. The molecule has 20 heteroatoms. The average Bonchev–Trinajstić information content (AvgIpc) is 3.10. The number of carbonyl (C=O) groups excluding carboxylic acids is 1. The van der Waals surface area contributed by atoms with Gasteiger partial charge in [-0.05, 0) is 6.42 Å². The lowest BCUT2D eigenvalue weighted by Gasteiger charge is -2.50. The second kappa shape index (κ2) is 20.1. The Hall–Kier alpha value is -1.70. The molecule has 3 fully saturated rings.